The average molecular weight is 308 g/mol. The van der Waals surface area contributed by atoms with Crippen LogP contribution in [0.4, 0.5) is 0 Å². The SMILES string of the molecule is Cn1cc(C=C2Oc3cccc(O)c3C2=O)c2c(=O)cc[nH]c21. The lowest BCUT2D eigenvalue weighted by atomic mass is 10.1. The minimum Gasteiger partial charge on any atom is -0.507 e. The van der Waals surface area contributed by atoms with E-state index in [0.717, 1.165) is 0 Å². The van der Waals surface area contributed by atoms with Crippen LogP contribution in [0.2, 0.25) is 0 Å². The zero-order valence-electron chi connectivity index (χ0n) is 12.2. The van der Waals surface area contributed by atoms with E-state index in [2.05, 4.69) is 4.98 Å². The van der Waals surface area contributed by atoms with Crippen molar-refractivity contribution in [3.8, 4) is 11.5 Å². The number of carbonyl (C=O) groups excluding carboxylic acids is 1. The molecule has 0 atom stereocenters. The molecule has 0 radical (unpaired) electrons. The van der Waals surface area contributed by atoms with Gasteiger partial charge in [0.25, 0.3) is 0 Å². The van der Waals surface area contributed by atoms with Crippen LogP contribution in [0.1, 0.15) is 15.9 Å². The van der Waals surface area contributed by atoms with Crippen molar-refractivity contribution in [2.75, 3.05) is 0 Å². The number of Topliss-reactive ketones (excluding diaryl/α,β-unsaturated/α-hetero) is 1. The smallest absolute Gasteiger partial charge is 0.235 e. The first-order valence-corrected chi connectivity index (χ1v) is 6.99. The molecule has 6 nitrogen and oxygen atoms in total. The lowest BCUT2D eigenvalue weighted by Crippen LogP contribution is -2.02. The highest BCUT2D eigenvalue weighted by Crippen LogP contribution is 2.37. The number of allylic oxidation sites excluding steroid dienone is 1. The summed E-state index contributed by atoms with van der Waals surface area (Å²) in [4.78, 5) is 27.5. The number of aromatic amines is 1. The molecule has 0 saturated heterocycles. The Morgan fingerprint density at radius 1 is 1.26 bits per heavy atom. The molecular weight excluding hydrogens is 296 g/mol. The van der Waals surface area contributed by atoms with Gasteiger partial charge in [-0.1, -0.05) is 6.07 Å². The van der Waals surface area contributed by atoms with Gasteiger partial charge in [0.05, 0.1) is 5.39 Å². The van der Waals surface area contributed by atoms with Crippen LogP contribution >= 0.6 is 0 Å². The Bertz CT molecular complexity index is 1060. The van der Waals surface area contributed by atoms with E-state index in [0.29, 0.717) is 22.3 Å². The van der Waals surface area contributed by atoms with E-state index in [1.54, 1.807) is 36.1 Å². The number of aromatic nitrogens is 2. The van der Waals surface area contributed by atoms with Crippen LogP contribution in [0.25, 0.3) is 17.1 Å². The molecule has 0 amide bonds. The summed E-state index contributed by atoms with van der Waals surface area (Å²) >= 11 is 0. The molecule has 1 aliphatic heterocycles. The normalized spacial score (nSPS) is 15.2. The van der Waals surface area contributed by atoms with E-state index in [4.69, 9.17) is 4.74 Å². The van der Waals surface area contributed by atoms with Gasteiger partial charge in [-0.05, 0) is 18.2 Å². The van der Waals surface area contributed by atoms with E-state index in [1.165, 1.54) is 18.2 Å². The molecule has 23 heavy (non-hydrogen) atoms. The molecule has 0 spiro atoms. The number of benzene rings is 1. The van der Waals surface area contributed by atoms with Crippen molar-refractivity contribution in [1.29, 1.82) is 0 Å². The van der Waals surface area contributed by atoms with Crippen molar-refractivity contribution in [3.63, 3.8) is 0 Å². The number of H-pyrrole nitrogens is 1. The summed E-state index contributed by atoms with van der Waals surface area (Å²) in [6.07, 6.45) is 4.85. The third kappa shape index (κ3) is 1.88. The first-order chi connectivity index (χ1) is 11.1. The van der Waals surface area contributed by atoms with E-state index in [9.17, 15) is 14.7 Å². The van der Waals surface area contributed by atoms with Crippen molar-refractivity contribution in [2.45, 2.75) is 0 Å². The van der Waals surface area contributed by atoms with Crippen molar-refractivity contribution >= 4 is 22.9 Å². The Morgan fingerprint density at radius 2 is 2.09 bits per heavy atom. The zero-order valence-corrected chi connectivity index (χ0v) is 12.2. The van der Waals surface area contributed by atoms with Crippen LogP contribution in [0.15, 0.2) is 47.2 Å². The first kappa shape index (κ1) is 13.4. The van der Waals surface area contributed by atoms with Gasteiger partial charge in [-0.15, -0.1) is 0 Å². The fourth-order valence-corrected chi connectivity index (χ4v) is 2.83. The number of fused-ring (bicyclic) bond motifs is 2. The van der Waals surface area contributed by atoms with Gasteiger partial charge in [0.1, 0.15) is 22.7 Å². The number of nitrogens with one attached hydrogen (secondary N) is 1. The van der Waals surface area contributed by atoms with Gasteiger partial charge in [-0.25, -0.2) is 0 Å². The maximum absolute atomic E-state index is 12.4. The largest absolute Gasteiger partial charge is 0.507 e. The number of phenolic OH excluding ortho intramolecular Hbond substituents is 1. The number of aromatic hydroxyl groups is 1. The average Bonchev–Trinajstić information content (AvgIpc) is 3.00. The van der Waals surface area contributed by atoms with Crippen LogP contribution in [0.3, 0.4) is 0 Å². The summed E-state index contributed by atoms with van der Waals surface area (Å²) in [7, 11) is 1.80. The Balaban J connectivity index is 1.89. The number of rotatable bonds is 1. The summed E-state index contributed by atoms with van der Waals surface area (Å²) in [6.45, 7) is 0. The molecule has 0 unspecified atom stereocenters. The summed E-state index contributed by atoms with van der Waals surface area (Å²) in [5.41, 5.74) is 1.25. The van der Waals surface area contributed by atoms with Crippen LogP contribution in [0, 0.1) is 0 Å². The van der Waals surface area contributed by atoms with Crippen LogP contribution in [-0.2, 0) is 7.05 Å². The predicted molar refractivity (Wildman–Crippen MR) is 84.6 cm³/mol. The van der Waals surface area contributed by atoms with Crippen molar-refractivity contribution in [1.82, 2.24) is 9.55 Å². The highest BCUT2D eigenvalue weighted by Gasteiger charge is 2.30. The van der Waals surface area contributed by atoms with Gasteiger partial charge in [0.15, 0.2) is 11.2 Å². The monoisotopic (exact) mass is 308 g/mol. The highest BCUT2D eigenvalue weighted by atomic mass is 16.5. The second-order valence-electron chi connectivity index (χ2n) is 5.35. The minimum absolute atomic E-state index is 0.0808. The summed E-state index contributed by atoms with van der Waals surface area (Å²) in [5, 5.41) is 10.3. The number of ketones is 1. The lowest BCUT2D eigenvalue weighted by molar-refractivity contribution is 0.101. The zero-order chi connectivity index (χ0) is 16.1. The van der Waals surface area contributed by atoms with Gasteiger partial charge in [-0.2, -0.15) is 0 Å². The molecular formula is C17H12N2O4. The second kappa shape index (κ2) is 4.61. The molecule has 1 aromatic carbocycles. The molecule has 2 N–H and O–H groups in total. The number of phenols is 1. The number of carbonyl (C=O) groups is 1. The molecule has 2 aromatic heterocycles. The van der Waals surface area contributed by atoms with Gasteiger partial charge < -0.3 is 19.4 Å². The second-order valence-corrected chi connectivity index (χ2v) is 5.35. The Kier molecular flexibility index (Phi) is 2.68. The number of hydrogen-bond acceptors (Lipinski definition) is 4. The molecule has 0 fully saturated rings. The van der Waals surface area contributed by atoms with Crippen molar-refractivity contribution in [3.05, 3.63) is 63.8 Å². The molecule has 0 aliphatic carbocycles. The van der Waals surface area contributed by atoms with Crippen LogP contribution < -0.4 is 10.2 Å². The summed E-state index contributed by atoms with van der Waals surface area (Å²) in [6, 6.07) is 6.09. The van der Waals surface area contributed by atoms with E-state index in [1.807, 2.05) is 0 Å². The van der Waals surface area contributed by atoms with E-state index < -0.39 is 5.78 Å². The number of nitrogens with zero attached hydrogens (tertiary/aromatic N) is 1. The summed E-state index contributed by atoms with van der Waals surface area (Å²) < 4.78 is 7.30. The molecule has 114 valence electrons. The lowest BCUT2D eigenvalue weighted by Gasteiger charge is -1.97. The fraction of sp³-hybridized carbons (Fsp3) is 0.0588. The quantitative estimate of drug-likeness (QED) is 0.675. The number of ether oxygens (including phenoxy) is 1. The molecule has 0 bridgehead atoms. The molecule has 4 rings (SSSR count). The third-order valence-electron chi connectivity index (χ3n) is 3.87. The molecule has 3 aromatic rings. The van der Waals surface area contributed by atoms with E-state index in [-0.39, 0.29) is 22.5 Å². The minimum atomic E-state index is -0.400. The Hall–Kier alpha value is -3.28. The van der Waals surface area contributed by atoms with Gasteiger partial charge in [-0.3, -0.25) is 9.59 Å². The standard InChI is InChI=1S/C17H12N2O4/c1-19-8-9(14-11(21)5-6-18-17(14)19)7-13-16(22)15-10(20)3-2-4-12(15)23-13/h2-8,20H,1H3,(H,18,21). The maximum atomic E-state index is 12.4. The number of hydrogen-bond donors (Lipinski definition) is 2. The molecule has 6 heteroatoms. The fourth-order valence-electron chi connectivity index (χ4n) is 2.83. The molecule has 3 heterocycles. The van der Waals surface area contributed by atoms with Crippen LogP contribution in [0.5, 0.6) is 11.5 Å². The van der Waals surface area contributed by atoms with Crippen molar-refractivity contribution < 1.29 is 14.6 Å². The Labute approximate surface area is 130 Å². The van der Waals surface area contributed by atoms with Crippen molar-refractivity contribution in [2.24, 2.45) is 7.05 Å². The summed E-state index contributed by atoms with van der Waals surface area (Å²) in [5.74, 6) is -0.123. The Morgan fingerprint density at radius 3 is 2.87 bits per heavy atom. The first-order valence-electron chi connectivity index (χ1n) is 6.99. The number of aryl methyl sites for hydroxylation is 1. The van der Waals surface area contributed by atoms with Gasteiger partial charge in [0, 0.05) is 31.1 Å². The predicted octanol–water partition coefficient (Wildman–Crippen LogP) is 2.19. The highest BCUT2D eigenvalue weighted by molar-refractivity contribution is 6.16. The van der Waals surface area contributed by atoms with E-state index >= 15 is 0 Å². The van der Waals surface area contributed by atoms with Gasteiger partial charge in [0.2, 0.25) is 5.78 Å². The molecule has 1 aliphatic rings. The van der Waals surface area contributed by atoms with Gasteiger partial charge >= 0.3 is 0 Å². The topological polar surface area (TPSA) is 84.3 Å². The maximum Gasteiger partial charge on any atom is 0.235 e. The molecule has 0 saturated carbocycles. The third-order valence-corrected chi connectivity index (χ3v) is 3.87. The number of pyridine rings is 1. The van der Waals surface area contributed by atoms with Crippen LogP contribution in [-0.4, -0.2) is 20.4 Å².